The highest BCUT2D eigenvalue weighted by Crippen LogP contribution is 2.20. The quantitative estimate of drug-likeness (QED) is 0.811. The number of anilines is 1. The van der Waals surface area contributed by atoms with E-state index in [0.29, 0.717) is 5.58 Å². The highest BCUT2D eigenvalue weighted by atomic mass is 16.3. The summed E-state index contributed by atoms with van der Waals surface area (Å²) in [6, 6.07) is 7.74. The molecule has 1 heterocycles. The number of rotatable bonds is 2. The zero-order chi connectivity index (χ0) is 10.9. The van der Waals surface area contributed by atoms with E-state index in [1.165, 1.54) is 6.39 Å². The Hall–Kier alpha value is -2.02. The van der Waals surface area contributed by atoms with E-state index < -0.39 is 5.54 Å². The summed E-state index contributed by atoms with van der Waals surface area (Å²) in [6.45, 7) is 3.63. The molecular weight excluding hydrogens is 190 g/mol. The van der Waals surface area contributed by atoms with E-state index in [-0.39, 0.29) is 0 Å². The molecule has 2 rings (SSSR count). The molecule has 0 atom stereocenters. The second-order valence-corrected chi connectivity index (χ2v) is 3.90. The van der Waals surface area contributed by atoms with E-state index in [0.717, 1.165) is 11.2 Å². The predicted octanol–water partition coefficient (Wildman–Crippen LogP) is 2.54. The molecule has 15 heavy (non-hydrogen) atoms. The van der Waals surface area contributed by atoms with Crippen LogP contribution in [-0.4, -0.2) is 10.5 Å². The first-order valence-electron chi connectivity index (χ1n) is 4.63. The summed E-state index contributed by atoms with van der Waals surface area (Å²) in [4.78, 5) is 4.02. The maximum absolute atomic E-state index is 8.88. The molecule has 0 saturated heterocycles. The molecule has 1 aromatic heterocycles. The number of nitrogens with zero attached hydrogens (tertiary/aromatic N) is 2. The van der Waals surface area contributed by atoms with Crippen molar-refractivity contribution in [2.24, 2.45) is 0 Å². The molecule has 0 bridgehead atoms. The van der Waals surface area contributed by atoms with Crippen molar-refractivity contribution in [3.63, 3.8) is 0 Å². The molecule has 0 spiro atoms. The Bertz CT molecular complexity index is 522. The van der Waals surface area contributed by atoms with Crippen molar-refractivity contribution in [2.75, 3.05) is 5.32 Å². The van der Waals surface area contributed by atoms with Crippen molar-refractivity contribution >= 4 is 16.8 Å². The van der Waals surface area contributed by atoms with Gasteiger partial charge in [-0.25, -0.2) is 4.98 Å². The first-order chi connectivity index (χ1) is 7.11. The van der Waals surface area contributed by atoms with Crippen molar-refractivity contribution in [3.05, 3.63) is 24.6 Å². The van der Waals surface area contributed by atoms with E-state index in [9.17, 15) is 0 Å². The fourth-order valence-electron chi connectivity index (χ4n) is 1.32. The molecule has 0 aliphatic heterocycles. The van der Waals surface area contributed by atoms with Crippen LogP contribution in [0.4, 0.5) is 5.69 Å². The highest BCUT2D eigenvalue weighted by Gasteiger charge is 2.15. The van der Waals surface area contributed by atoms with Gasteiger partial charge in [0.15, 0.2) is 12.0 Å². The molecule has 0 aliphatic rings. The van der Waals surface area contributed by atoms with Gasteiger partial charge in [-0.05, 0) is 26.0 Å². The predicted molar refractivity (Wildman–Crippen MR) is 57.3 cm³/mol. The minimum Gasteiger partial charge on any atom is -0.443 e. The summed E-state index contributed by atoms with van der Waals surface area (Å²) >= 11 is 0. The summed E-state index contributed by atoms with van der Waals surface area (Å²) in [6.07, 6.45) is 1.41. The molecule has 4 heteroatoms. The molecule has 1 aromatic carbocycles. The van der Waals surface area contributed by atoms with Crippen molar-refractivity contribution in [1.82, 2.24) is 4.98 Å². The average molecular weight is 201 g/mol. The Labute approximate surface area is 87.5 Å². The largest absolute Gasteiger partial charge is 0.443 e. The van der Waals surface area contributed by atoms with Crippen molar-refractivity contribution in [2.45, 2.75) is 19.4 Å². The number of hydrogen-bond acceptors (Lipinski definition) is 4. The first-order valence-corrected chi connectivity index (χ1v) is 4.63. The topological polar surface area (TPSA) is 61.9 Å². The van der Waals surface area contributed by atoms with Gasteiger partial charge in [-0.3, -0.25) is 0 Å². The first kappa shape index (κ1) is 9.53. The van der Waals surface area contributed by atoms with Gasteiger partial charge < -0.3 is 9.73 Å². The summed E-state index contributed by atoms with van der Waals surface area (Å²) < 4.78 is 5.17. The molecule has 2 aromatic rings. The Morgan fingerprint density at radius 1 is 1.47 bits per heavy atom. The van der Waals surface area contributed by atoms with Crippen LogP contribution in [0.25, 0.3) is 11.1 Å². The third-order valence-electron chi connectivity index (χ3n) is 2.07. The number of fused-ring (bicyclic) bond motifs is 1. The van der Waals surface area contributed by atoms with Crippen LogP contribution in [0.15, 0.2) is 29.0 Å². The second kappa shape index (κ2) is 3.28. The van der Waals surface area contributed by atoms with Gasteiger partial charge in [-0.2, -0.15) is 5.26 Å². The molecule has 0 unspecified atom stereocenters. The van der Waals surface area contributed by atoms with Crippen LogP contribution in [0, 0.1) is 11.3 Å². The van der Waals surface area contributed by atoms with Crippen LogP contribution >= 0.6 is 0 Å². The molecule has 0 aliphatic carbocycles. The van der Waals surface area contributed by atoms with Crippen LogP contribution in [0.5, 0.6) is 0 Å². The minimum atomic E-state index is -0.590. The van der Waals surface area contributed by atoms with Crippen LogP contribution in [0.1, 0.15) is 13.8 Å². The van der Waals surface area contributed by atoms with E-state index >= 15 is 0 Å². The van der Waals surface area contributed by atoms with Gasteiger partial charge in [0.25, 0.3) is 0 Å². The molecule has 0 fully saturated rings. The van der Waals surface area contributed by atoms with Gasteiger partial charge in [0.1, 0.15) is 11.1 Å². The Morgan fingerprint density at radius 2 is 2.27 bits per heavy atom. The zero-order valence-electron chi connectivity index (χ0n) is 8.61. The number of aromatic nitrogens is 1. The standard InChI is InChI=1S/C11H11N3O/c1-11(2,6-12)14-8-3-4-9-10(5-8)15-7-13-9/h3-5,7,14H,1-2H3. The summed E-state index contributed by atoms with van der Waals surface area (Å²) in [5.41, 5.74) is 1.79. The van der Waals surface area contributed by atoms with Crippen molar-refractivity contribution in [3.8, 4) is 6.07 Å². The van der Waals surface area contributed by atoms with E-state index in [1.807, 2.05) is 32.0 Å². The fraction of sp³-hybridized carbons (Fsp3) is 0.273. The average Bonchev–Trinajstić information content (AvgIpc) is 2.64. The maximum Gasteiger partial charge on any atom is 0.181 e. The zero-order valence-corrected chi connectivity index (χ0v) is 8.61. The van der Waals surface area contributed by atoms with E-state index in [4.69, 9.17) is 9.68 Å². The Morgan fingerprint density at radius 3 is 3.00 bits per heavy atom. The van der Waals surface area contributed by atoms with Crippen LogP contribution in [0.2, 0.25) is 0 Å². The fourth-order valence-corrected chi connectivity index (χ4v) is 1.32. The number of benzene rings is 1. The van der Waals surface area contributed by atoms with Crippen LogP contribution in [0.3, 0.4) is 0 Å². The normalized spacial score (nSPS) is 11.3. The van der Waals surface area contributed by atoms with Gasteiger partial charge in [-0.15, -0.1) is 0 Å². The summed E-state index contributed by atoms with van der Waals surface area (Å²) in [5.74, 6) is 0. The molecule has 1 N–H and O–H groups in total. The lowest BCUT2D eigenvalue weighted by atomic mass is 10.1. The monoisotopic (exact) mass is 201 g/mol. The van der Waals surface area contributed by atoms with Gasteiger partial charge in [0.2, 0.25) is 0 Å². The SMILES string of the molecule is CC(C)(C#N)Nc1ccc2ncoc2c1. The van der Waals surface area contributed by atoms with Gasteiger partial charge in [0, 0.05) is 11.8 Å². The molecule has 76 valence electrons. The number of nitrogens with one attached hydrogen (secondary N) is 1. The smallest absolute Gasteiger partial charge is 0.181 e. The van der Waals surface area contributed by atoms with Crippen LogP contribution < -0.4 is 5.32 Å². The molecule has 0 saturated carbocycles. The molecule has 0 amide bonds. The highest BCUT2D eigenvalue weighted by molar-refractivity contribution is 5.77. The van der Waals surface area contributed by atoms with Crippen LogP contribution in [-0.2, 0) is 0 Å². The van der Waals surface area contributed by atoms with Crippen molar-refractivity contribution < 1.29 is 4.42 Å². The second-order valence-electron chi connectivity index (χ2n) is 3.90. The number of hydrogen-bond donors (Lipinski definition) is 1. The lowest BCUT2D eigenvalue weighted by molar-refractivity contribution is 0.602. The van der Waals surface area contributed by atoms with Gasteiger partial charge in [-0.1, -0.05) is 0 Å². The number of oxazole rings is 1. The maximum atomic E-state index is 8.88. The Balaban J connectivity index is 2.33. The van der Waals surface area contributed by atoms with Crippen molar-refractivity contribution in [1.29, 1.82) is 5.26 Å². The lowest BCUT2D eigenvalue weighted by Gasteiger charge is -2.18. The van der Waals surface area contributed by atoms with Gasteiger partial charge in [0.05, 0.1) is 6.07 Å². The van der Waals surface area contributed by atoms with E-state index in [1.54, 1.807) is 0 Å². The molecule has 4 nitrogen and oxygen atoms in total. The molecule has 0 radical (unpaired) electrons. The van der Waals surface area contributed by atoms with E-state index in [2.05, 4.69) is 16.4 Å². The number of nitriles is 1. The Kier molecular flexibility index (Phi) is 2.09. The summed E-state index contributed by atoms with van der Waals surface area (Å²) in [5, 5.41) is 12.0. The minimum absolute atomic E-state index is 0.590. The third-order valence-corrected chi connectivity index (χ3v) is 2.07. The summed E-state index contributed by atoms with van der Waals surface area (Å²) in [7, 11) is 0. The molecular formula is C11H11N3O. The lowest BCUT2D eigenvalue weighted by Crippen LogP contribution is -2.28. The van der Waals surface area contributed by atoms with Gasteiger partial charge >= 0.3 is 0 Å². The third kappa shape index (κ3) is 1.91.